The first kappa shape index (κ1) is 21.5. The van der Waals surface area contributed by atoms with Crippen LogP contribution < -0.4 is 0 Å². The Labute approximate surface area is 176 Å². The Balaban J connectivity index is 1.89. The van der Waals surface area contributed by atoms with Crippen LogP contribution in [0.2, 0.25) is 0 Å². The molecule has 2 heterocycles. The number of nitro groups is 1. The number of rotatable bonds is 7. The van der Waals surface area contributed by atoms with Crippen molar-refractivity contribution in [2.75, 3.05) is 18.8 Å². The molecule has 0 amide bonds. The maximum absolute atomic E-state index is 12.9. The highest BCUT2D eigenvalue weighted by Crippen LogP contribution is 2.39. The van der Waals surface area contributed by atoms with E-state index in [4.69, 9.17) is 0 Å². The smallest absolute Gasteiger partial charge is 0.258 e. The third-order valence-corrected chi connectivity index (χ3v) is 9.15. The molecule has 0 spiro atoms. The third kappa shape index (κ3) is 4.85. The fourth-order valence-electron chi connectivity index (χ4n) is 2.91. The summed E-state index contributed by atoms with van der Waals surface area (Å²) in [5.74, 6) is 1.14. The zero-order chi connectivity index (χ0) is 20.3. The molecule has 1 unspecified atom stereocenters. The topological polar surface area (TPSA) is 106 Å². The molecular weight excluding hydrogens is 440 g/mol. The molecular formula is C16H20N4O4S4. The van der Waals surface area contributed by atoms with Crippen LogP contribution in [0.25, 0.3) is 0 Å². The lowest BCUT2D eigenvalue weighted by atomic mass is 10.0. The molecule has 28 heavy (non-hydrogen) atoms. The van der Waals surface area contributed by atoms with Gasteiger partial charge in [0.2, 0.25) is 10.0 Å². The van der Waals surface area contributed by atoms with Gasteiger partial charge in [0.25, 0.3) is 5.69 Å². The largest absolute Gasteiger partial charge is 0.284 e. The van der Waals surface area contributed by atoms with Gasteiger partial charge < -0.3 is 0 Å². The van der Waals surface area contributed by atoms with Gasteiger partial charge in [-0.05, 0) is 36.6 Å². The monoisotopic (exact) mass is 460 g/mol. The maximum atomic E-state index is 12.9. The van der Waals surface area contributed by atoms with Crippen molar-refractivity contribution in [3.63, 3.8) is 0 Å². The lowest BCUT2D eigenvalue weighted by Crippen LogP contribution is -2.39. The predicted octanol–water partition coefficient (Wildman–Crippen LogP) is 4.13. The summed E-state index contributed by atoms with van der Waals surface area (Å²) in [7, 11) is -3.75. The molecule has 1 fully saturated rings. The van der Waals surface area contributed by atoms with Crippen molar-refractivity contribution >= 4 is 50.6 Å². The summed E-state index contributed by atoms with van der Waals surface area (Å²) >= 11 is 4.04. The van der Waals surface area contributed by atoms with Crippen molar-refractivity contribution in [2.45, 2.75) is 45.2 Å². The fraction of sp³-hybridized carbons (Fsp3) is 0.500. The summed E-state index contributed by atoms with van der Waals surface area (Å²) in [4.78, 5) is 11.3. The minimum absolute atomic E-state index is 0.0443. The number of benzene rings is 1. The molecule has 1 aliphatic heterocycles. The lowest BCUT2D eigenvalue weighted by molar-refractivity contribution is -0.388. The van der Waals surface area contributed by atoms with Gasteiger partial charge in [0.15, 0.2) is 8.68 Å². The van der Waals surface area contributed by atoms with Gasteiger partial charge in [0, 0.05) is 19.2 Å². The van der Waals surface area contributed by atoms with Crippen LogP contribution in [0.1, 0.15) is 26.7 Å². The summed E-state index contributed by atoms with van der Waals surface area (Å²) in [6, 6.07) is 4.07. The molecule has 1 aromatic carbocycles. The molecule has 1 atom stereocenters. The van der Waals surface area contributed by atoms with E-state index in [1.54, 1.807) is 11.8 Å². The number of sulfonamides is 1. The van der Waals surface area contributed by atoms with E-state index >= 15 is 0 Å². The first-order valence-electron chi connectivity index (χ1n) is 8.74. The van der Waals surface area contributed by atoms with Crippen molar-refractivity contribution in [1.82, 2.24) is 14.5 Å². The molecule has 12 heteroatoms. The Morgan fingerprint density at radius 3 is 2.79 bits per heavy atom. The van der Waals surface area contributed by atoms with E-state index < -0.39 is 14.9 Å². The summed E-state index contributed by atoms with van der Waals surface area (Å²) in [6.45, 7) is 4.90. The molecule has 1 aromatic heterocycles. The molecule has 3 rings (SSSR count). The van der Waals surface area contributed by atoms with Crippen molar-refractivity contribution < 1.29 is 13.3 Å². The van der Waals surface area contributed by atoms with Gasteiger partial charge in [0.05, 0.1) is 14.7 Å². The molecule has 0 bridgehead atoms. The molecule has 1 saturated heterocycles. The normalized spacial score (nSPS) is 18.3. The van der Waals surface area contributed by atoms with Gasteiger partial charge in [-0.15, -0.1) is 10.2 Å². The van der Waals surface area contributed by atoms with Crippen molar-refractivity contribution in [3.05, 3.63) is 28.3 Å². The second-order valence-corrected chi connectivity index (χ2v) is 12.1. The lowest BCUT2D eigenvalue weighted by Gasteiger charge is -2.30. The van der Waals surface area contributed by atoms with E-state index in [9.17, 15) is 18.5 Å². The van der Waals surface area contributed by atoms with Crippen LogP contribution in [-0.2, 0) is 10.0 Å². The number of piperidine rings is 1. The standard InChI is InChI=1S/C16H20N4O4S4/c1-3-25-15-17-18-16(27-15)26-14-7-6-12(9-13(14)20(21)22)28(23,24)19-8-4-5-11(2)10-19/h6-7,9,11H,3-5,8,10H2,1-2H3. The van der Waals surface area contributed by atoms with Crippen molar-refractivity contribution in [2.24, 2.45) is 5.92 Å². The highest BCUT2D eigenvalue weighted by Gasteiger charge is 2.30. The Morgan fingerprint density at radius 2 is 2.11 bits per heavy atom. The zero-order valence-electron chi connectivity index (χ0n) is 15.4. The van der Waals surface area contributed by atoms with Gasteiger partial charge in [-0.3, -0.25) is 10.1 Å². The van der Waals surface area contributed by atoms with E-state index in [-0.39, 0.29) is 16.5 Å². The van der Waals surface area contributed by atoms with Crippen LogP contribution in [0.3, 0.4) is 0 Å². The van der Waals surface area contributed by atoms with E-state index in [0.717, 1.165) is 40.8 Å². The van der Waals surface area contributed by atoms with Gasteiger partial charge in [-0.1, -0.05) is 48.7 Å². The maximum Gasteiger partial charge on any atom is 0.284 e. The predicted molar refractivity (Wildman–Crippen MR) is 111 cm³/mol. The zero-order valence-corrected chi connectivity index (χ0v) is 18.7. The first-order chi connectivity index (χ1) is 13.3. The molecule has 2 aromatic rings. The van der Waals surface area contributed by atoms with Gasteiger partial charge >= 0.3 is 0 Å². The number of aromatic nitrogens is 2. The summed E-state index contributed by atoms with van der Waals surface area (Å²) in [6.07, 6.45) is 1.79. The molecule has 1 aliphatic rings. The second kappa shape index (κ2) is 9.08. The van der Waals surface area contributed by atoms with Crippen LogP contribution in [-0.4, -0.2) is 46.7 Å². The number of hydrogen-bond donors (Lipinski definition) is 0. The van der Waals surface area contributed by atoms with Crippen LogP contribution in [0.5, 0.6) is 0 Å². The molecule has 0 saturated carbocycles. The average Bonchev–Trinajstić information content (AvgIpc) is 3.09. The van der Waals surface area contributed by atoms with Gasteiger partial charge in [-0.25, -0.2) is 8.42 Å². The number of nitro benzene ring substituents is 1. The highest BCUT2D eigenvalue weighted by atomic mass is 32.2. The molecule has 152 valence electrons. The van der Waals surface area contributed by atoms with Crippen molar-refractivity contribution in [3.8, 4) is 0 Å². The Kier molecular flexibility index (Phi) is 6.97. The number of thioether (sulfide) groups is 1. The van der Waals surface area contributed by atoms with E-state index in [0.29, 0.717) is 22.3 Å². The Bertz CT molecular complexity index is 963. The SMILES string of the molecule is CCSc1nnc(Sc2ccc(S(=O)(=O)N3CCCC(C)C3)cc2[N+](=O)[O-])s1. The first-order valence-corrected chi connectivity index (χ1v) is 12.8. The van der Waals surface area contributed by atoms with E-state index in [1.807, 2.05) is 13.8 Å². The minimum atomic E-state index is -3.75. The molecule has 0 radical (unpaired) electrons. The van der Waals surface area contributed by atoms with Crippen LogP contribution in [0, 0.1) is 16.0 Å². The Hall–Kier alpha value is -1.21. The van der Waals surface area contributed by atoms with E-state index in [2.05, 4.69) is 10.2 Å². The van der Waals surface area contributed by atoms with Crippen LogP contribution in [0.15, 0.2) is 36.7 Å². The summed E-state index contributed by atoms with van der Waals surface area (Å²) in [5, 5.41) is 19.7. The molecule has 8 nitrogen and oxygen atoms in total. The van der Waals surface area contributed by atoms with Crippen LogP contribution >= 0.6 is 34.9 Å². The number of hydrogen-bond acceptors (Lipinski definition) is 9. The molecule has 0 N–H and O–H groups in total. The second-order valence-electron chi connectivity index (χ2n) is 6.37. The Morgan fingerprint density at radius 1 is 1.36 bits per heavy atom. The minimum Gasteiger partial charge on any atom is -0.258 e. The van der Waals surface area contributed by atoms with Crippen LogP contribution in [0.4, 0.5) is 5.69 Å². The third-order valence-electron chi connectivity index (χ3n) is 4.24. The van der Waals surface area contributed by atoms with Gasteiger partial charge in [0.1, 0.15) is 0 Å². The van der Waals surface area contributed by atoms with Gasteiger partial charge in [-0.2, -0.15) is 4.31 Å². The number of nitrogens with zero attached hydrogens (tertiary/aromatic N) is 4. The van der Waals surface area contributed by atoms with E-state index in [1.165, 1.54) is 27.8 Å². The fourth-order valence-corrected chi connectivity index (χ4v) is 7.49. The molecule has 0 aliphatic carbocycles. The summed E-state index contributed by atoms with van der Waals surface area (Å²) < 4.78 is 28.7. The quantitative estimate of drug-likeness (QED) is 0.345. The van der Waals surface area contributed by atoms with Crippen molar-refractivity contribution in [1.29, 1.82) is 0 Å². The average molecular weight is 461 g/mol. The summed E-state index contributed by atoms with van der Waals surface area (Å²) in [5.41, 5.74) is -0.240. The highest BCUT2D eigenvalue weighted by molar-refractivity contribution is 8.03.